The molecule has 4 aromatic rings. The van der Waals surface area contributed by atoms with Gasteiger partial charge in [-0.1, -0.05) is 35.9 Å². The molecule has 4 rings (SSSR count). The highest BCUT2D eigenvalue weighted by atomic mass is 32.2. The summed E-state index contributed by atoms with van der Waals surface area (Å²) in [6.45, 7) is 1.90. The van der Waals surface area contributed by atoms with Crippen molar-refractivity contribution in [3.8, 4) is 16.9 Å². The molecule has 26 heavy (non-hydrogen) atoms. The van der Waals surface area contributed by atoms with E-state index >= 15 is 0 Å². The summed E-state index contributed by atoms with van der Waals surface area (Å²) in [6.07, 6.45) is 3.07. The van der Waals surface area contributed by atoms with E-state index in [1.165, 1.54) is 10.2 Å². The third-order valence-electron chi connectivity index (χ3n) is 4.30. The van der Waals surface area contributed by atoms with Crippen molar-refractivity contribution in [1.29, 1.82) is 0 Å². The maximum Gasteiger partial charge on any atom is 0.269 e. The van der Waals surface area contributed by atoms with Gasteiger partial charge in [-0.05, 0) is 37.3 Å². The number of hydrogen-bond donors (Lipinski definition) is 1. The minimum absolute atomic E-state index is 0.0862. The Morgan fingerprint density at radius 3 is 2.38 bits per heavy atom. The van der Waals surface area contributed by atoms with Gasteiger partial charge in [-0.15, -0.1) is 0 Å². The zero-order valence-electron chi connectivity index (χ0n) is 14.0. The molecule has 0 radical (unpaired) electrons. The van der Waals surface area contributed by atoms with Crippen LogP contribution in [0, 0.1) is 6.92 Å². The maximum atomic E-state index is 13.1. The standard InChI is InChI=1S/C20H16N2O3S/c1-14-8-10-15(11-9-14)26(24,25)22-13-18(16-5-2-3-7-19(16)23)17-6-4-12-21-20(17)22/h2-13,23H,1H3. The molecule has 0 aliphatic rings. The van der Waals surface area contributed by atoms with Crippen LogP contribution in [0.4, 0.5) is 0 Å². The van der Waals surface area contributed by atoms with Gasteiger partial charge in [-0.2, -0.15) is 0 Å². The molecule has 0 fully saturated rings. The van der Waals surface area contributed by atoms with Gasteiger partial charge in [-0.25, -0.2) is 17.4 Å². The SMILES string of the molecule is Cc1ccc(S(=O)(=O)n2cc(-c3ccccc3O)c3cccnc32)cc1. The Morgan fingerprint density at radius 2 is 1.65 bits per heavy atom. The maximum absolute atomic E-state index is 13.1. The third-order valence-corrected chi connectivity index (χ3v) is 5.97. The molecule has 0 unspecified atom stereocenters. The number of phenolic OH excluding ortho intramolecular Hbond substituents is 1. The minimum Gasteiger partial charge on any atom is -0.507 e. The Balaban J connectivity index is 2.00. The van der Waals surface area contributed by atoms with Gasteiger partial charge in [0, 0.05) is 28.9 Å². The van der Waals surface area contributed by atoms with Crippen LogP contribution < -0.4 is 0 Å². The number of nitrogens with zero attached hydrogens (tertiary/aromatic N) is 2. The number of benzene rings is 2. The van der Waals surface area contributed by atoms with Crippen LogP contribution in [-0.2, 0) is 10.0 Å². The van der Waals surface area contributed by atoms with Crippen LogP contribution in [0.3, 0.4) is 0 Å². The molecule has 2 aromatic heterocycles. The number of aromatic hydroxyl groups is 1. The number of rotatable bonds is 3. The molecule has 0 atom stereocenters. The molecule has 0 saturated heterocycles. The van der Waals surface area contributed by atoms with Crippen LogP contribution in [-0.4, -0.2) is 22.5 Å². The van der Waals surface area contributed by atoms with Crippen molar-refractivity contribution in [3.63, 3.8) is 0 Å². The Bertz CT molecular complexity index is 1210. The van der Waals surface area contributed by atoms with Crippen LogP contribution in [0.1, 0.15) is 5.56 Å². The lowest BCUT2D eigenvalue weighted by atomic mass is 10.1. The Hall–Kier alpha value is -3.12. The molecule has 5 nitrogen and oxygen atoms in total. The monoisotopic (exact) mass is 364 g/mol. The summed E-state index contributed by atoms with van der Waals surface area (Å²) >= 11 is 0. The van der Waals surface area contributed by atoms with Crippen LogP contribution in [0.15, 0.2) is 78.0 Å². The first-order chi connectivity index (χ1) is 12.5. The van der Waals surface area contributed by atoms with Gasteiger partial charge in [0.1, 0.15) is 5.75 Å². The van der Waals surface area contributed by atoms with Crippen molar-refractivity contribution in [2.45, 2.75) is 11.8 Å². The van der Waals surface area contributed by atoms with Gasteiger partial charge in [0.05, 0.1) is 4.90 Å². The fourth-order valence-electron chi connectivity index (χ4n) is 2.95. The van der Waals surface area contributed by atoms with E-state index in [1.54, 1.807) is 66.9 Å². The second kappa shape index (κ2) is 6.00. The van der Waals surface area contributed by atoms with Crippen LogP contribution in [0.25, 0.3) is 22.2 Å². The summed E-state index contributed by atoms with van der Waals surface area (Å²) in [5.41, 5.74) is 2.48. The number of phenols is 1. The van der Waals surface area contributed by atoms with Crippen LogP contribution in [0.5, 0.6) is 5.75 Å². The van der Waals surface area contributed by atoms with Crippen molar-refractivity contribution in [1.82, 2.24) is 8.96 Å². The number of aromatic nitrogens is 2. The smallest absolute Gasteiger partial charge is 0.269 e. The zero-order valence-corrected chi connectivity index (χ0v) is 14.8. The van der Waals surface area contributed by atoms with Gasteiger partial charge in [-0.3, -0.25) is 0 Å². The lowest BCUT2D eigenvalue weighted by molar-refractivity contribution is 0.477. The van der Waals surface area contributed by atoms with Gasteiger partial charge in [0.15, 0.2) is 5.65 Å². The normalized spacial score (nSPS) is 11.7. The van der Waals surface area contributed by atoms with E-state index in [-0.39, 0.29) is 10.6 Å². The lowest BCUT2D eigenvalue weighted by Gasteiger charge is -2.07. The molecule has 2 aromatic carbocycles. The number of pyridine rings is 1. The average molecular weight is 364 g/mol. The molecular formula is C20H16N2O3S. The highest BCUT2D eigenvalue weighted by molar-refractivity contribution is 7.90. The zero-order chi connectivity index (χ0) is 18.3. The summed E-state index contributed by atoms with van der Waals surface area (Å²) in [4.78, 5) is 4.46. The Morgan fingerprint density at radius 1 is 0.923 bits per heavy atom. The van der Waals surface area contributed by atoms with Gasteiger partial charge in [0.2, 0.25) is 0 Å². The number of fused-ring (bicyclic) bond motifs is 1. The van der Waals surface area contributed by atoms with E-state index in [0.29, 0.717) is 22.2 Å². The van der Waals surface area contributed by atoms with Crippen LogP contribution >= 0.6 is 0 Å². The van der Waals surface area contributed by atoms with Crippen molar-refractivity contribution in [3.05, 3.63) is 78.6 Å². The largest absolute Gasteiger partial charge is 0.507 e. The Kier molecular flexibility index (Phi) is 3.77. The summed E-state index contributed by atoms with van der Waals surface area (Å²) in [7, 11) is -3.81. The summed E-state index contributed by atoms with van der Waals surface area (Å²) in [6, 6.07) is 17.1. The predicted molar refractivity (Wildman–Crippen MR) is 101 cm³/mol. The lowest BCUT2D eigenvalue weighted by Crippen LogP contribution is -2.12. The fraction of sp³-hybridized carbons (Fsp3) is 0.0500. The second-order valence-electron chi connectivity index (χ2n) is 6.05. The van der Waals surface area contributed by atoms with Crippen molar-refractivity contribution in [2.75, 3.05) is 0 Å². The molecule has 2 heterocycles. The molecule has 130 valence electrons. The molecule has 0 amide bonds. The van der Waals surface area contributed by atoms with Crippen LogP contribution in [0.2, 0.25) is 0 Å². The van der Waals surface area contributed by atoms with Crippen molar-refractivity contribution < 1.29 is 13.5 Å². The van der Waals surface area contributed by atoms with Gasteiger partial charge < -0.3 is 5.11 Å². The second-order valence-corrected chi connectivity index (χ2v) is 7.86. The molecule has 1 N–H and O–H groups in total. The first kappa shape index (κ1) is 16.4. The molecule has 0 spiro atoms. The number of aryl methyl sites for hydroxylation is 1. The predicted octanol–water partition coefficient (Wildman–Crippen LogP) is 3.95. The number of para-hydroxylation sites is 1. The molecule has 0 bridgehead atoms. The number of hydrogen-bond acceptors (Lipinski definition) is 4. The van der Waals surface area contributed by atoms with E-state index in [4.69, 9.17) is 0 Å². The van der Waals surface area contributed by atoms with E-state index in [0.717, 1.165) is 5.56 Å². The minimum atomic E-state index is -3.81. The first-order valence-corrected chi connectivity index (χ1v) is 9.49. The van der Waals surface area contributed by atoms with E-state index in [1.807, 2.05) is 6.92 Å². The summed E-state index contributed by atoms with van der Waals surface area (Å²) in [5.74, 6) is 0.0862. The third kappa shape index (κ3) is 2.55. The summed E-state index contributed by atoms with van der Waals surface area (Å²) < 4.78 is 27.5. The molecule has 0 aliphatic heterocycles. The quantitative estimate of drug-likeness (QED) is 0.597. The molecule has 6 heteroatoms. The van der Waals surface area contributed by atoms with Crippen molar-refractivity contribution >= 4 is 21.1 Å². The molecular weight excluding hydrogens is 348 g/mol. The van der Waals surface area contributed by atoms with E-state index in [9.17, 15) is 13.5 Å². The fourth-order valence-corrected chi connectivity index (χ4v) is 4.28. The highest BCUT2D eigenvalue weighted by Gasteiger charge is 2.23. The average Bonchev–Trinajstić information content (AvgIpc) is 3.03. The van der Waals surface area contributed by atoms with E-state index in [2.05, 4.69) is 4.98 Å². The van der Waals surface area contributed by atoms with Gasteiger partial charge in [0.25, 0.3) is 10.0 Å². The first-order valence-electron chi connectivity index (χ1n) is 8.05. The topological polar surface area (TPSA) is 72.2 Å². The van der Waals surface area contributed by atoms with E-state index < -0.39 is 10.0 Å². The van der Waals surface area contributed by atoms with Crippen molar-refractivity contribution in [2.24, 2.45) is 0 Å². The van der Waals surface area contributed by atoms with Gasteiger partial charge >= 0.3 is 0 Å². The molecule has 0 aliphatic carbocycles. The Labute approximate surface area is 151 Å². The molecule has 0 saturated carbocycles. The highest BCUT2D eigenvalue weighted by Crippen LogP contribution is 2.36. The summed E-state index contributed by atoms with van der Waals surface area (Å²) in [5, 5.41) is 10.9.